The maximum Gasteiger partial charge on any atom is 0.270 e. The zero-order valence-corrected chi connectivity index (χ0v) is 19.9. The molecule has 4 aromatic rings. The fraction of sp³-hybridized carbons (Fsp3) is 0.273. The van der Waals surface area contributed by atoms with Gasteiger partial charge in [-0.05, 0) is 32.4 Å². The van der Waals surface area contributed by atoms with Crippen molar-refractivity contribution in [3.05, 3.63) is 62.1 Å². The van der Waals surface area contributed by atoms with Crippen molar-refractivity contribution in [2.24, 2.45) is 0 Å². The maximum atomic E-state index is 13.3. The van der Waals surface area contributed by atoms with Crippen molar-refractivity contribution in [2.75, 3.05) is 13.1 Å². The van der Waals surface area contributed by atoms with E-state index in [1.807, 2.05) is 48.5 Å². The van der Waals surface area contributed by atoms with E-state index in [-0.39, 0.29) is 17.9 Å². The summed E-state index contributed by atoms with van der Waals surface area (Å²) in [6, 6.07) is 7.33. The first kappa shape index (κ1) is 21.1. The topological polar surface area (TPSA) is 79.6 Å². The Morgan fingerprint density at radius 3 is 2.88 bits per heavy atom. The van der Waals surface area contributed by atoms with Gasteiger partial charge in [-0.25, -0.2) is 9.97 Å². The van der Waals surface area contributed by atoms with Gasteiger partial charge in [0.05, 0.1) is 22.4 Å². The number of nitrogens with zero attached hydrogens (tertiary/aromatic N) is 4. The third kappa shape index (κ3) is 3.70. The standard InChI is InChI=1S/C22H20ClN5O2S2/c1-12-18(28-8-9-31-22(28)25-12)20(29)24-11-16-6-7-27(16)21(30)19-17(26-13(2)32-19)14-4-3-5-15(23)10-14/h3-5,8-10,16H,6-7,11H2,1-2H3,(H,24,29). The number of carbonyl (C=O) groups is 2. The molecule has 1 N–H and O–H groups in total. The van der Waals surface area contributed by atoms with Crippen molar-refractivity contribution in [1.82, 2.24) is 24.6 Å². The Bertz CT molecular complexity index is 1340. The average Bonchev–Trinajstić information content (AvgIpc) is 3.41. The molecule has 7 nitrogen and oxygen atoms in total. The number of hydrogen-bond acceptors (Lipinski definition) is 6. The number of benzene rings is 1. The molecule has 0 spiro atoms. The van der Waals surface area contributed by atoms with Crippen LogP contribution in [0.3, 0.4) is 0 Å². The molecule has 1 aliphatic heterocycles. The summed E-state index contributed by atoms with van der Waals surface area (Å²) < 4.78 is 1.80. The quantitative estimate of drug-likeness (QED) is 0.453. The molecule has 3 aromatic heterocycles. The summed E-state index contributed by atoms with van der Waals surface area (Å²) >= 11 is 9.02. The van der Waals surface area contributed by atoms with Crippen molar-refractivity contribution in [3.8, 4) is 11.3 Å². The van der Waals surface area contributed by atoms with Crippen LogP contribution in [-0.4, -0.2) is 50.2 Å². The third-order valence-corrected chi connectivity index (χ3v) is 7.53. The predicted molar refractivity (Wildman–Crippen MR) is 127 cm³/mol. The van der Waals surface area contributed by atoms with Crippen molar-refractivity contribution in [2.45, 2.75) is 26.3 Å². The molecule has 1 atom stereocenters. The summed E-state index contributed by atoms with van der Waals surface area (Å²) in [5, 5.41) is 6.32. The van der Waals surface area contributed by atoms with Gasteiger partial charge in [0.1, 0.15) is 10.6 Å². The van der Waals surface area contributed by atoms with Crippen LogP contribution in [0.4, 0.5) is 0 Å². The molecule has 1 fully saturated rings. The third-order valence-electron chi connectivity index (χ3n) is 5.58. The summed E-state index contributed by atoms with van der Waals surface area (Å²) in [7, 11) is 0. The Labute approximate surface area is 197 Å². The van der Waals surface area contributed by atoms with Crippen molar-refractivity contribution in [3.63, 3.8) is 0 Å². The molecule has 1 aromatic carbocycles. The van der Waals surface area contributed by atoms with Crippen LogP contribution in [0.25, 0.3) is 16.2 Å². The number of rotatable bonds is 5. The molecule has 0 aliphatic carbocycles. The minimum atomic E-state index is -0.180. The maximum absolute atomic E-state index is 13.3. The summed E-state index contributed by atoms with van der Waals surface area (Å²) in [5.41, 5.74) is 2.72. The number of hydrogen-bond donors (Lipinski definition) is 1. The Balaban J connectivity index is 1.31. The molecular weight excluding hydrogens is 466 g/mol. The lowest BCUT2D eigenvalue weighted by Crippen LogP contribution is -2.55. The fourth-order valence-corrected chi connectivity index (χ4v) is 5.76. The number of amides is 2. The van der Waals surface area contributed by atoms with Gasteiger partial charge in [-0.2, -0.15) is 0 Å². The monoisotopic (exact) mass is 485 g/mol. The van der Waals surface area contributed by atoms with Crippen LogP contribution in [0.1, 0.15) is 37.3 Å². The second kappa shape index (κ2) is 8.31. The highest BCUT2D eigenvalue weighted by atomic mass is 35.5. The van der Waals surface area contributed by atoms with Gasteiger partial charge in [-0.15, -0.1) is 22.7 Å². The van der Waals surface area contributed by atoms with Crippen molar-refractivity contribution >= 4 is 51.0 Å². The largest absolute Gasteiger partial charge is 0.349 e. The van der Waals surface area contributed by atoms with Crippen LogP contribution in [-0.2, 0) is 0 Å². The van der Waals surface area contributed by atoms with Gasteiger partial charge in [0, 0.05) is 35.3 Å². The smallest absolute Gasteiger partial charge is 0.270 e. The lowest BCUT2D eigenvalue weighted by atomic mass is 10.0. The fourth-order valence-electron chi connectivity index (χ4n) is 3.92. The summed E-state index contributed by atoms with van der Waals surface area (Å²) in [6.45, 7) is 4.77. The normalized spacial score (nSPS) is 15.7. The molecule has 0 bridgehead atoms. The summed E-state index contributed by atoms with van der Waals surface area (Å²) in [4.78, 5) is 38.4. The van der Waals surface area contributed by atoms with Gasteiger partial charge < -0.3 is 10.2 Å². The van der Waals surface area contributed by atoms with E-state index in [1.54, 1.807) is 10.5 Å². The van der Waals surface area contributed by atoms with Crippen molar-refractivity contribution < 1.29 is 9.59 Å². The Morgan fingerprint density at radius 1 is 1.28 bits per heavy atom. The first-order valence-electron chi connectivity index (χ1n) is 10.2. The number of likely N-dealkylation sites (tertiary alicyclic amines) is 1. The minimum absolute atomic E-state index is 0.0488. The van der Waals surface area contributed by atoms with E-state index in [4.69, 9.17) is 11.6 Å². The first-order chi connectivity index (χ1) is 15.4. The number of carbonyl (C=O) groups excluding carboxylic acids is 2. The Kier molecular flexibility index (Phi) is 5.48. The lowest BCUT2D eigenvalue weighted by molar-refractivity contribution is 0.0461. The zero-order chi connectivity index (χ0) is 22.4. The summed E-state index contributed by atoms with van der Waals surface area (Å²) in [5.74, 6) is -0.238. The Hall–Kier alpha value is -2.75. The van der Waals surface area contributed by atoms with Crippen LogP contribution in [0.15, 0.2) is 35.8 Å². The molecule has 0 saturated carbocycles. The molecule has 4 heterocycles. The van der Waals surface area contributed by atoms with Crippen molar-refractivity contribution in [1.29, 1.82) is 0 Å². The van der Waals surface area contributed by atoms with E-state index < -0.39 is 0 Å². The first-order valence-corrected chi connectivity index (χ1v) is 12.2. The molecule has 1 saturated heterocycles. The van der Waals surface area contributed by atoms with E-state index in [0.29, 0.717) is 40.1 Å². The molecule has 32 heavy (non-hydrogen) atoms. The number of halogens is 1. The van der Waals surface area contributed by atoms with Gasteiger partial charge in [0.2, 0.25) is 0 Å². The highest BCUT2D eigenvalue weighted by Gasteiger charge is 2.35. The molecule has 2 amide bonds. The van der Waals surface area contributed by atoms with Gasteiger partial charge in [-0.3, -0.25) is 14.0 Å². The number of imidazole rings is 1. The molecular formula is C22H20ClN5O2S2. The van der Waals surface area contributed by atoms with Gasteiger partial charge in [0.25, 0.3) is 11.8 Å². The molecule has 164 valence electrons. The van der Waals surface area contributed by atoms with E-state index in [9.17, 15) is 9.59 Å². The van der Waals surface area contributed by atoms with Gasteiger partial charge in [-0.1, -0.05) is 23.7 Å². The molecule has 0 radical (unpaired) electrons. The number of aryl methyl sites for hydroxylation is 2. The van der Waals surface area contributed by atoms with Crippen LogP contribution in [0.5, 0.6) is 0 Å². The SMILES string of the molecule is Cc1nc(-c2cccc(Cl)c2)c(C(=O)N2CCC2CNC(=O)c2c(C)nc3sccn23)s1. The highest BCUT2D eigenvalue weighted by Crippen LogP contribution is 2.32. The van der Waals surface area contributed by atoms with Gasteiger partial charge >= 0.3 is 0 Å². The molecule has 5 rings (SSSR count). The molecule has 10 heteroatoms. The number of thiazole rings is 2. The van der Waals surface area contributed by atoms with E-state index in [0.717, 1.165) is 22.0 Å². The summed E-state index contributed by atoms with van der Waals surface area (Å²) in [6.07, 6.45) is 2.69. The predicted octanol–water partition coefficient (Wildman–Crippen LogP) is 4.43. The number of fused-ring (bicyclic) bond motifs is 1. The number of aromatic nitrogens is 3. The zero-order valence-electron chi connectivity index (χ0n) is 17.5. The van der Waals surface area contributed by atoms with E-state index in [2.05, 4.69) is 15.3 Å². The second-order valence-electron chi connectivity index (χ2n) is 7.67. The highest BCUT2D eigenvalue weighted by molar-refractivity contribution is 7.15. The average molecular weight is 486 g/mol. The van der Waals surface area contributed by atoms with Crippen LogP contribution in [0, 0.1) is 13.8 Å². The van der Waals surface area contributed by atoms with Crippen LogP contribution in [0.2, 0.25) is 5.02 Å². The molecule has 1 unspecified atom stereocenters. The van der Waals surface area contributed by atoms with E-state index >= 15 is 0 Å². The lowest BCUT2D eigenvalue weighted by Gasteiger charge is -2.41. The minimum Gasteiger partial charge on any atom is -0.349 e. The van der Waals surface area contributed by atoms with Crippen LogP contribution >= 0.6 is 34.3 Å². The van der Waals surface area contributed by atoms with Crippen LogP contribution < -0.4 is 5.32 Å². The molecule has 1 aliphatic rings. The van der Waals surface area contributed by atoms with E-state index in [1.165, 1.54) is 22.7 Å². The number of nitrogens with one attached hydrogen (secondary N) is 1. The second-order valence-corrected chi connectivity index (χ2v) is 10.2. The Morgan fingerprint density at radius 2 is 2.12 bits per heavy atom. The van der Waals surface area contributed by atoms with Gasteiger partial charge in [0.15, 0.2) is 4.96 Å².